The molecule has 0 spiro atoms. The van der Waals surface area contributed by atoms with Crippen molar-refractivity contribution in [3.63, 3.8) is 0 Å². The number of aromatic nitrogens is 7. The van der Waals surface area contributed by atoms with Gasteiger partial charge >= 0.3 is 0 Å². The summed E-state index contributed by atoms with van der Waals surface area (Å²) in [5, 5.41) is 63.9. The number of nitrogen functional groups attached to an aromatic ring is 3. The summed E-state index contributed by atoms with van der Waals surface area (Å²) in [5.41, 5.74) is 30.6. The number of aromatic hydroxyl groups is 2. The number of nitro benzene ring substituents is 4. The van der Waals surface area contributed by atoms with E-state index < -0.39 is 19.7 Å². The summed E-state index contributed by atoms with van der Waals surface area (Å²) in [5.74, 6) is 5.87. The molecule has 7 aromatic heterocycles. The maximum absolute atomic E-state index is 10.8. The summed E-state index contributed by atoms with van der Waals surface area (Å²) in [7, 11) is 0. The first kappa shape index (κ1) is 128. The molecule has 14 aromatic rings. The maximum atomic E-state index is 10.8. The number of phenols is 2. The minimum Gasteiger partial charge on any atom is -0.516 e. The van der Waals surface area contributed by atoms with Crippen LogP contribution in [-0.4, -0.2) is 64.8 Å². The number of benzene rings is 7. The van der Waals surface area contributed by atoms with E-state index in [1.807, 2.05) is 65.8 Å². The molecule has 705 valence electrons. The predicted molar refractivity (Wildman–Crippen MR) is 512 cm³/mol. The number of nitrogens with zero attached hydrogens (tertiary/aromatic N) is 10. The zero-order valence-electron chi connectivity index (χ0n) is 75.0. The van der Waals surface area contributed by atoms with E-state index in [-0.39, 0.29) is 166 Å². The van der Waals surface area contributed by atoms with Crippen LogP contribution in [0, 0.1) is 171 Å². The van der Waals surface area contributed by atoms with Gasteiger partial charge < -0.3 is 76.2 Å². The molecular formula is C93H92Cl7N14O15W4Y-5. The van der Waals surface area contributed by atoms with Crippen molar-refractivity contribution in [1.29, 1.82) is 0 Å². The zero-order chi connectivity index (χ0) is 94.5. The van der Waals surface area contributed by atoms with E-state index in [0.29, 0.717) is 98.2 Å². The summed E-state index contributed by atoms with van der Waals surface area (Å²) in [6.07, 6.45) is 16.4. The summed E-state index contributed by atoms with van der Waals surface area (Å²) in [6, 6.07) is 48.4. The number of hydrogen-bond donors (Lipinski definition) is 6. The first-order chi connectivity index (χ1) is 59.9. The molecule has 7 heterocycles. The quantitative estimate of drug-likeness (QED) is 0.0165. The van der Waals surface area contributed by atoms with E-state index in [1.54, 1.807) is 171 Å². The molecule has 0 saturated carbocycles. The second-order valence-electron chi connectivity index (χ2n) is 27.2. The van der Waals surface area contributed by atoms with Crippen LogP contribution in [0.2, 0.25) is 35.8 Å². The van der Waals surface area contributed by atoms with Crippen LogP contribution in [0.5, 0.6) is 57.5 Å². The topological polar surface area (TPSA) is 438 Å². The molecule has 0 amide bonds. The average molecular weight is 2720 g/mol. The molecule has 0 aliphatic rings. The standard InChI is InChI=1S/C13H11ClN2O3.C13H13ClN2O.C13H11N2O3.C13H13N2O.C8H9NO3.C8H8NO2.C8H11NO.2C5H3Cl2N.C5H4ClNO.2CH3.4W.Y/c1-8-5-10(16(17)18)6-9(2)13(8)19-11-3-4-15-12(14)7-11;1-8-5-10(15)6-9(2)13(8)17-11-3-4-16-12(14)7-11;1-9-7-11(15(16)17)8-10(2)13(9)18-12-3-5-14-6-4-12;1-9-7-11(14)8-10(2)13(9)16-12-3-5-15-6-4-12;1-5-3-7(9(11)12)4-6(2)8(5)10;1-6-3-7(2)5-8(4-6)9(10)11;1-5-3-7(9)4-6(2)8(5)10;2*6-4-1-2-8-5(7)3-4;6-5-3-4(8)1-2-7-5;;;;;;;/h3-7H,1-2H3;3-7H,15H2,1-2H3;3-5,7-8H,1-2H3;3-5,7-8H,14H2,1-2H3;3-4,10H,1-2H3;4-5H,1-2H3;3-4,10H,9H2,1-2H3;2*1-3H;1-3H,(H,7,8);2*1H3;;;;;/q;;2*-1;;-1;;;;;2*-1;;;;;. The fourth-order valence-corrected chi connectivity index (χ4v) is 12.2. The molecule has 0 saturated heterocycles. The number of aryl methyl sites for hydroxylation is 14. The van der Waals surface area contributed by atoms with Crippen molar-refractivity contribution in [3.8, 4) is 57.5 Å². The van der Waals surface area contributed by atoms with E-state index >= 15 is 0 Å². The number of halogens is 7. The van der Waals surface area contributed by atoms with Crippen LogP contribution in [0.1, 0.15) is 77.9 Å². The smallest absolute Gasteiger partial charge is 0.270 e. The Kier molecular flexibility index (Phi) is 62.1. The van der Waals surface area contributed by atoms with E-state index in [1.165, 1.54) is 73.1 Å². The molecule has 14 rings (SSSR count). The second-order valence-corrected chi connectivity index (χ2v) is 30.0. The third-order valence-electron chi connectivity index (χ3n) is 16.4. The molecule has 134 heavy (non-hydrogen) atoms. The van der Waals surface area contributed by atoms with Crippen molar-refractivity contribution in [2.45, 2.75) is 96.9 Å². The molecule has 29 nitrogen and oxygen atoms in total. The van der Waals surface area contributed by atoms with Gasteiger partial charge in [0.25, 0.3) is 17.1 Å². The first-order valence-corrected chi connectivity index (χ1v) is 39.9. The zero-order valence-corrected chi connectivity index (χ0v) is 94.8. The Hall–Kier alpha value is -9.92. The number of anilines is 3. The van der Waals surface area contributed by atoms with Crippen molar-refractivity contribution in [1.82, 2.24) is 34.9 Å². The minimum atomic E-state index is -0.473. The van der Waals surface area contributed by atoms with Gasteiger partial charge in [0.15, 0.2) is 11.1 Å². The van der Waals surface area contributed by atoms with Crippen molar-refractivity contribution >= 4 is 121 Å². The Labute approximate surface area is 895 Å². The average Bonchev–Trinajstić information content (AvgIpc) is 0.829. The monoisotopic (exact) mass is 2710 g/mol. The number of nitrogens with one attached hydrogen (secondary N) is 1. The Morgan fingerprint density at radius 1 is 0.343 bits per heavy atom. The molecule has 0 fully saturated rings. The van der Waals surface area contributed by atoms with Crippen LogP contribution in [-0.2, 0) is 117 Å². The maximum Gasteiger partial charge on any atom is 0.270 e. The van der Waals surface area contributed by atoms with Gasteiger partial charge in [-0.25, -0.2) is 19.9 Å². The van der Waals surface area contributed by atoms with Gasteiger partial charge in [0.05, 0.1) is 14.8 Å². The molecule has 9 N–H and O–H groups in total. The van der Waals surface area contributed by atoms with Crippen LogP contribution in [0.4, 0.5) is 39.8 Å². The van der Waals surface area contributed by atoms with Crippen molar-refractivity contribution in [3.05, 3.63) is 411 Å². The Balaban J connectivity index is -0.00000143. The van der Waals surface area contributed by atoms with E-state index in [2.05, 4.69) is 53.3 Å². The summed E-state index contributed by atoms with van der Waals surface area (Å²) < 4.78 is 23.0. The van der Waals surface area contributed by atoms with Gasteiger partial charge in [0, 0.05) is 252 Å². The van der Waals surface area contributed by atoms with Crippen LogP contribution < -0.4 is 41.6 Å². The van der Waals surface area contributed by atoms with Crippen LogP contribution >= 0.6 is 81.2 Å². The first-order valence-electron chi connectivity index (χ1n) is 37.2. The van der Waals surface area contributed by atoms with Crippen LogP contribution in [0.15, 0.2) is 218 Å². The normalized spacial score (nSPS) is 9.38. The number of nitro groups is 4. The van der Waals surface area contributed by atoms with E-state index in [0.717, 1.165) is 84.3 Å². The van der Waals surface area contributed by atoms with Gasteiger partial charge in [-0.1, -0.05) is 132 Å². The third kappa shape index (κ3) is 46.5. The number of non-ortho nitro benzene ring substituents is 4. The molecule has 41 heteroatoms. The number of hydrogen-bond acceptors (Lipinski definition) is 24. The third-order valence-corrected chi connectivity index (χ3v) is 17.9. The molecule has 1 radical (unpaired) electrons. The number of H-pyrrole nitrogens is 1. The van der Waals surface area contributed by atoms with Gasteiger partial charge in [0.2, 0.25) is 0 Å². The fraction of sp³-hybridized carbons (Fsp3) is 0.151. The number of rotatable bonds is 12. The van der Waals surface area contributed by atoms with Gasteiger partial charge in [-0.3, -0.25) is 45.3 Å². The van der Waals surface area contributed by atoms with Gasteiger partial charge in [0.1, 0.15) is 71.8 Å². The second kappa shape index (κ2) is 64.9. The van der Waals surface area contributed by atoms with Crippen LogP contribution in [0.25, 0.3) is 0 Å². The summed E-state index contributed by atoms with van der Waals surface area (Å²) in [6.45, 7) is 25.5. The molecule has 0 bridgehead atoms. The number of nitrogens with two attached hydrogens (primary N) is 3. The summed E-state index contributed by atoms with van der Waals surface area (Å²) in [4.78, 5) is 76.2. The van der Waals surface area contributed by atoms with Crippen molar-refractivity contribution in [2.75, 3.05) is 17.2 Å². The minimum absolute atomic E-state index is 0. The number of phenolic OH excluding ortho intramolecular Hbond substituents is 2. The summed E-state index contributed by atoms with van der Waals surface area (Å²) >= 11 is 38.9. The van der Waals surface area contributed by atoms with Crippen molar-refractivity contribution < 1.29 is 166 Å². The molecule has 0 atom stereocenters. The van der Waals surface area contributed by atoms with Crippen LogP contribution in [0.3, 0.4) is 0 Å². The van der Waals surface area contributed by atoms with E-state index in [4.69, 9.17) is 117 Å². The van der Waals surface area contributed by atoms with E-state index in [9.17, 15) is 55.5 Å². The fourth-order valence-electron chi connectivity index (χ4n) is 11.0. The molecule has 0 aliphatic heterocycles. The molecule has 0 aliphatic carbocycles. The van der Waals surface area contributed by atoms with Crippen molar-refractivity contribution in [2.24, 2.45) is 0 Å². The van der Waals surface area contributed by atoms with Gasteiger partial charge in [-0.05, 0) is 223 Å². The molecule has 7 aromatic carbocycles. The Morgan fingerprint density at radius 3 is 0.828 bits per heavy atom. The largest absolute Gasteiger partial charge is 0.516 e. The number of pyridine rings is 7. The number of aromatic amines is 1. The Morgan fingerprint density at radius 2 is 0.590 bits per heavy atom. The SMILES string of the molecule is Cc1[c-]c(C)cc([N+](=O)[O-])c1.Cc1cc(N)cc(C)c1O.Cc1cc(N)cc(C)c1Oc1c[c-]ncc1.Cc1cc(N)cc(C)c1Oc1ccnc(Cl)c1.Cc1cc([N+](=O)[O-])cc(C)c1O.Cc1cc([N+](=O)[O-])cc(C)c1Oc1c[c-]ncc1.Cc1cc([N+](=O)[O-])cc(C)c1Oc1ccnc(Cl)c1.Clc1ccnc(Cl)c1.Clc1ccnc(Cl)c1.O=c1cc[nH]c(Cl)c1.[CH3-].[CH3-].[W].[W].[W].[W].[Y]. The molecule has 0 unspecified atom stereocenters. The predicted octanol–water partition coefficient (Wildman–Crippen LogP) is 26.1. The van der Waals surface area contributed by atoms with Gasteiger partial charge in [-0.2, -0.15) is 17.2 Å². The Bertz CT molecular complexity index is 5970. The molecular weight excluding hydrogens is 2630 g/mol. The number of ether oxygens (including phenoxy) is 4. The van der Waals surface area contributed by atoms with Gasteiger partial charge in [-0.15, -0.1) is 24.3 Å².